The van der Waals surface area contributed by atoms with Gasteiger partial charge in [-0.3, -0.25) is 10.1 Å². The van der Waals surface area contributed by atoms with Gasteiger partial charge in [0.15, 0.2) is 0 Å². The lowest BCUT2D eigenvalue weighted by Crippen LogP contribution is -2.15. The maximum Gasteiger partial charge on any atom is 0.270 e. The molecule has 0 radical (unpaired) electrons. The van der Waals surface area contributed by atoms with Gasteiger partial charge < -0.3 is 5.32 Å². The zero-order chi connectivity index (χ0) is 12.7. The molecule has 0 aliphatic rings. The zero-order valence-electron chi connectivity index (χ0n) is 9.61. The molecule has 0 saturated heterocycles. The summed E-state index contributed by atoms with van der Waals surface area (Å²) in [6, 6.07) is 4.56. The second-order valence-electron chi connectivity index (χ2n) is 3.56. The molecule has 0 fully saturated rings. The monoisotopic (exact) mass is 274 g/mol. The third kappa shape index (κ3) is 4.93. The van der Waals surface area contributed by atoms with Gasteiger partial charge in [0, 0.05) is 18.7 Å². The van der Waals surface area contributed by atoms with Gasteiger partial charge in [-0.1, -0.05) is 11.6 Å². The van der Waals surface area contributed by atoms with Gasteiger partial charge in [0.1, 0.15) is 0 Å². The molecule has 1 aromatic rings. The predicted molar refractivity (Wildman–Crippen MR) is 72.8 cm³/mol. The van der Waals surface area contributed by atoms with Crippen LogP contribution in [-0.4, -0.2) is 23.5 Å². The molecule has 0 bridgehead atoms. The molecule has 0 aromatic heterocycles. The second-order valence-corrected chi connectivity index (χ2v) is 4.95. The lowest BCUT2D eigenvalue weighted by Gasteiger charge is -2.06. The minimum Gasteiger partial charge on any atom is -0.313 e. The fourth-order valence-electron chi connectivity index (χ4n) is 1.36. The molecule has 0 saturated carbocycles. The van der Waals surface area contributed by atoms with Crippen LogP contribution in [-0.2, 0) is 6.54 Å². The van der Waals surface area contributed by atoms with Gasteiger partial charge >= 0.3 is 0 Å². The first-order valence-corrected chi connectivity index (χ1v) is 7.05. The lowest BCUT2D eigenvalue weighted by atomic mass is 10.2. The maximum atomic E-state index is 10.5. The molecule has 0 aliphatic heterocycles. The van der Waals surface area contributed by atoms with Gasteiger partial charge in [0.05, 0.1) is 9.95 Å². The molecule has 0 atom stereocenters. The van der Waals surface area contributed by atoms with Gasteiger partial charge in [-0.15, -0.1) is 0 Å². The third-order valence-electron chi connectivity index (χ3n) is 2.26. The summed E-state index contributed by atoms with van der Waals surface area (Å²) in [6.45, 7) is 1.57. The highest BCUT2D eigenvalue weighted by atomic mass is 35.5. The van der Waals surface area contributed by atoms with Crippen molar-refractivity contribution in [3.05, 3.63) is 38.9 Å². The van der Waals surface area contributed by atoms with Crippen molar-refractivity contribution in [2.45, 2.75) is 13.0 Å². The van der Waals surface area contributed by atoms with Crippen LogP contribution < -0.4 is 5.32 Å². The summed E-state index contributed by atoms with van der Waals surface area (Å²) in [5, 5.41) is 14.2. The normalized spacial score (nSPS) is 10.5. The van der Waals surface area contributed by atoms with E-state index in [1.807, 2.05) is 11.8 Å². The number of nitro groups is 1. The van der Waals surface area contributed by atoms with E-state index < -0.39 is 4.92 Å². The quantitative estimate of drug-likeness (QED) is 0.472. The molecule has 1 rings (SSSR count). The number of halogens is 1. The van der Waals surface area contributed by atoms with Crippen LogP contribution in [0.4, 0.5) is 5.69 Å². The van der Waals surface area contributed by atoms with E-state index in [9.17, 15) is 10.1 Å². The second kappa shape index (κ2) is 7.53. The highest BCUT2D eigenvalue weighted by Gasteiger charge is 2.08. The average molecular weight is 275 g/mol. The maximum absolute atomic E-state index is 10.5. The molecule has 1 N–H and O–H groups in total. The van der Waals surface area contributed by atoms with Crippen LogP contribution in [0.2, 0.25) is 5.02 Å². The summed E-state index contributed by atoms with van der Waals surface area (Å²) < 4.78 is 0. The Hall–Kier alpha value is -0.780. The molecular formula is C11H15ClN2O2S. The van der Waals surface area contributed by atoms with E-state index in [0.717, 1.165) is 24.3 Å². The largest absolute Gasteiger partial charge is 0.313 e. The molecule has 0 unspecified atom stereocenters. The van der Waals surface area contributed by atoms with E-state index in [4.69, 9.17) is 11.6 Å². The summed E-state index contributed by atoms with van der Waals surface area (Å²) in [5.74, 6) is 1.13. The van der Waals surface area contributed by atoms with Crippen LogP contribution in [0.25, 0.3) is 0 Å². The van der Waals surface area contributed by atoms with Crippen molar-refractivity contribution in [3.8, 4) is 0 Å². The van der Waals surface area contributed by atoms with Crippen LogP contribution >= 0.6 is 23.4 Å². The fourth-order valence-corrected chi connectivity index (χ4v) is 2.03. The summed E-state index contributed by atoms with van der Waals surface area (Å²) in [5.41, 5.74) is 0.919. The molecule has 0 spiro atoms. The van der Waals surface area contributed by atoms with Crippen LogP contribution in [0.15, 0.2) is 18.2 Å². The highest BCUT2D eigenvalue weighted by Crippen LogP contribution is 2.22. The summed E-state index contributed by atoms with van der Waals surface area (Å²) >= 11 is 7.78. The first kappa shape index (κ1) is 14.3. The van der Waals surface area contributed by atoms with Crippen molar-refractivity contribution in [2.75, 3.05) is 18.6 Å². The van der Waals surface area contributed by atoms with Gasteiger partial charge in [0.25, 0.3) is 5.69 Å². The van der Waals surface area contributed by atoms with E-state index in [1.54, 1.807) is 6.07 Å². The minimum absolute atomic E-state index is 0.0288. The Bertz CT molecular complexity index is 388. The molecule has 4 nitrogen and oxygen atoms in total. The Balaban J connectivity index is 2.46. The van der Waals surface area contributed by atoms with Crippen LogP contribution in [0.1, 0.15) is 12.0 Å². The molecule has 17 heavy (non-hydrogen) atoms. The molecular weight excluding hydrogens is 260 g/mol. The molecule has 0 aliphatic carbocycles. The standard InChI is InChI=1S/C11H15ClN2O2S/c1-17-6-2-5-13-8-9-3-4-10(14(15)16)7-11(9)12/h3-4,7,13H,2,5-6,8H2,1H3. The average Bonchev–Trinajstić information content (AvgIpc) is 2.30. The van der Waals surface area contributed by atoms with E-state index >= 15 is 0 Å². The number of benzene rings is 1. The van der Waals surface area contributed by atoms with Gasteiger partial charge in [-0.25, -0.2) is 0 Å². The van der Waals surface area contributed by atoms with E-state index in [0.29, 0.717) is 11.6 Å². The SMILES string of the molecule is CSCCCNCc1ccc([N+](=O)[O-])cc1Cl. The summed E-state index contributed by atoms with van der Waals surface area (Å²) in [7, 11) is 0. The van der Waals surface area contributed by atoms with Crippen molar-refractivity contribution in [1.29, 1.82) is 0 Å². The first-order valence-electron chi connectivity index (χ1n) is 5.27. The number of nitrogens with zero attached hydrogens (tertiary/aromatic N) is 1. The lowest BCUT2D eigenvalue weighted by molar-refractivity contribution is -0.384. The summed E-state index contributed by atoms with van der Waals surface area (Å²) in [6.07, 6.45) is 3.18. The van der Waals surface area contributed by atoms with Crippen molar-refractivity contribution < 1.29 is 4.92 Å². The van der Waals surface area contributed by atoms with Crippen molar-refractivity contribution in [3.63, 3.8) is 0 Å². The number of nitrogens with one attached hydrogen (secondary N) is 1. The third-order valence-corrected chi connectivity index (χ3v) is 3.31. The number of nitro benzene ring substituents is 1. The predicted octanol–water partition coefficient (Wildman–Crippen LogP) is 3.09. The van der Waals surface area contributed by atoms with Crippen molar-refractivity contribution >= 4 is 29.1 Å². The Morgan fingerprint density at radius 2 is 2.29 bits per heavy atom. The smallest absolute Gasteiger partial charge is 0.270 e. The van der Waals surface area contributed by atoms with Crippen LogP contribution in [0, 0.1) is 10.1 Å². The Labute approximate surface area is 110 Å². The molecule has 1 aromatic carbocycles. The van der Waals surface area contributed by atoms with Crippen LogP contribution in [0.5, 0.6) is 0 Å². The summed E-state index contributed by atoms with van der Waals surface area (Å²) in [4.78, 5) is 10.1. The zero-order valence-corrected chi connectivity index (χ0v) is 11.2. The van der Waals surface area contributed by atoms with Crippen LogP contribution in [0.3, 0.4) is 0 Å². The topological polar surface area (TPSA) is 55.2 Å². The van der Waals surface area contributed by atoms with E-state index in [-0.39, 0.29) is 5.69 Å². The number of hydrogen-bond acceptors (Lipinski definition) is 4. The number of hydrogen-bond donors (Lipinski definition) is 1. The van der Waals surface area contributed by atoms with Gasteiger partial charge in [-0.05, 0) is 36.6 Å². The van der Waals surface area contributed by atoms with E-state index in [1.165, 1.54) is 12.1 Å². The number of thioether (sulfide) groups is 1. The first-order chi connectivity index (χ1) is 8.15. The fraction of sp³-hybridized carbons (Fsp3) is 0.455. The Morgan fingerprint density at radius 3 is 2.88 bits per heavy atom. The molecule has 94 valence electrons. The Morgan fingerprint density at radius 1 is 1.53 bits per heavy atom. The molecule has 0 heterocycles. The molecule has 0 amide bonds. The van der Waals surface area contributed by atoms with E-state index in [2.05, 4.69) is 11.6 Å². The number of non-ortho nitro benzene ring substituents is 1. The number of rotatable bonds is 7. The van der Waals surface area contributed by atoms with Crippen molar-refractivity contribution in [2.24, 2.45) is 0 Å². The van der Waals surface area contributed by atoms with Crippen molar-refractivity contribution in [1.82, 2.24) is 5.32 Å². The van der Waals surface area contributed by atoms with Gasteiger partial charge in [0.2, 0.25) is 0 Å². The van der Waals surface area contributed by atoms with Gasteiger partial charge in [-0.2, -0.15) is 11.8 Å². The minimum atomic E-state index is -0.443. The molecule has 6 heteroatoms. The highest BCUT2D eigenvalue weighted by molar-refractivity contribution is 7.98. The Kier molecular flexibility index (Phi) is 6.32.